The molecule has 9 heteroatoms. The number of esters is 1. The van der Waals surface area contributed by atoms with Crippen molar-refractivity contribution in [3.63, 3.8) is 0 Å². The third kappa shape index (κ3) is 3.65. The minimum absolute atomic E-state index is 0.304. The highest BCUT2D eigenvalue weighted by atomic mass is 16.5. The van der Waals surface area contributed by atoms with Crippen molar-refractivity contribution in [3.8, 4) is 11.3 Å². The van der Waals surface area contributed by atoms with Crippen LogP contribution < -0.4 is 11.1 Å². The minimum Gasteiger partial charge on any atom is -0.462 e. The quantitative estimate of drug-likeness (QED) is 0.354. The average molecular weight is 422 g/mol. The Hall–Kier alpha value is -4.01. The van der Waals surface area contributed by atoms with Crippen LogP contribution in [0, 0.1) is 13.8 Å². The molecule has 0 aliphatic rings. The molecule has 0 aliphatic carbocycles. The van der Waals surface area contributed by atoms with Gasteiger partial charge in [-0.3, -0.25) is 19.8 Å². The highest BCUT2D eigenvalue weighted by Gasteiger charge is 2.30. The van der Waals surface area contributed by atoms with Crippen LogP contribution in [0.5, 0.6) is 0 Å². The summed E-state index contributed by atoms with van der Waals surface area (Å²) in [5.74, 6) is -0.0911. The molecule has 0 amide bonds. The molecule has 0 atom stereocenters. The summed E-state index contributed by atoms with van der Waals surface area (Å²) in [5, 5.41) is 10.7. The van der Waals surface area contributed by atoms with E-state index < -0.39 is 11.9 Å². The van der Waals surface area contributed by atoms with Crippen LogP contribution in [0.3, 0.4) is 0 Å². The summed E-state index contributed by atoms with van der Waals surface area (Å²) in [6.07, 6.45) is 0. The normalized spacial score (nSPS) is 11.2. The van der Waals surface area contributed by atoms with Crippen LogP contribution >= 0.6 is 0 Å². The molecule has 3 heterocycles. The largest absolute Gasteiger partial charge is 0.462 e. The van der Waals surface area contributed by atoms with Gasteiger partial charge in [0.25, 0.3) is 11.1 Å². The zero-order chi connectivity index (χ0) is 22.1. The van der Waals surface area contributed by atoms with Gasteiger partial charge in [0.2, 0.25) is 0 Å². The molecule has 0 radical (unpaired) electrons. The van der Waals surface area contributed by atoms with Gasteiger partial charge in [-0.15, -0.1) is 0 Å². The van der Waals surface area contributed by atoms with Crippen molar-refractivity contribution in [2.24, 2.45) is 0 Å². The van der Waals surface area contributed by atoms with Gasteiger partial charge in [-0.1, -0.05) is 12.1 Å². The molecule has 4 N–H and O–H groups in total. The Labute approximate surface area is 176 Å². The Kier molecular flexibility index (Phi) is 5.24. The van der Waals surface area contributed by atoms with Gasteiger partial charge in [0, 0.05) is 17.0 Å². The summed E-state index contributed by atoms with van der Waals surface area (Å²) >= 11 is 0. The van der Waals surface area contributed by atoms with E-state index in [-0.39, 0.29) is 11.1 Å². The Bertz CT molecular complexity index is 1280. The van der Waals surface area contributed by atoms with Crippen LogP contribution in [0.25, 0.3) is 11.3 Å². The van der Waals surface area contributed by atoms with Crippen molar-refractivity contribution in [2.45, 2.75) is 26.7 Å². The van der Waals surface area contributed by atoms with E-state index in [0.717, 1.165) is 5.56 Å². The second kappa shape index (κ2) is 8.02. The summed E-state index contributed by atoms with van der Waals surface area (Å²) in [6, 6.07) is 10.4. The molecule has 0 saturated heterocycles. The molecule has 0 aliphatic heterocycles. The molecule has 0 saturated carbocycles. The highest BCUT2D eigenvalue weighted by molar-refractivity contribution is 5.89. The maximum atomic E-state index is 12.5. The monoisotopic (exact) mass is 422 g/mol. The first-order chi connectivity index (χ1) is 14.9. The number of aryl methyl sites for hydroxylation is 2. The van der Waals surface area contributed by atoms with Crippen molar-refractivity contribution in [1.82, 2.24) is 20.4 Å². The molecule has 160 valence electrons. The van der Waals surface area contributed by atoms with Crippen molar-refractivity contribution in [3.05, 3.63) is 90.9 Å². The van der Waals surface area contributed by atoms with Gasteiger partial charge in [0.05, 0.1) is 29.2 Å². The molecule has 9 nitrogen and oxygen atoms in total. The lowest BCUT2D eigenvalue weighted by atomic mass is 9.89. The summed E-state index contributed by atoms with van der Waals surface area (Å²) in [4.78, 5) is 36.9. The van der Waals surface area contributed by atoms with E-state index in [1.165, 1.54) is 0 Å². The lowest BCUT2D eigenvalue weighted by Crippen LogP contribution is -2.19. The Morgan fingerprint density at radius 1 is 0.903 bits per heavy atom. The molecule has 0 bridgehead atoms. The van der Waals surface area contributed by atoms with Crippen LogP contribution in [-0.2, 0) is 4.74 Å². The predicted molar refractivity (Wildman–Crippen MR) is 113 cm³/mol. The number of nitrogens with one attached hydrogen (secondary N) is 4. The Morgan fingerprint density at radius 2 is 1.48 bits per heavy atom. The predicted octanol–water partition coefficient (Wildman–Crippen LogP) is 2.95. The van der Waals surface area contributed by atoms with Gasteiger partial charge >= 0.3 is 5.97 Å². The van der Waals surface area contributed by atoms with Crippen LogP contribution in [0.4, 0.5) is 0 Å². The van der Waals surface area contributed by atoms with Crippen LogP contribution in [0.15, 0.2) is 50.4 Å². The molecular weight excluding hydrogens is 400 g/mol. The average Bonchev–Trinajstić information content (AvgIpc) is 3.46. The standard InChI is InChI=1S/C22H22N4O5/c1-4-30-22(29)14-7-5-13(6-8-14)15-9-10-16(31-15)19(17-11(2)23-25-20(17)27)18-12(3)24-26-21(18)28/h5-10,19H,4H2,1-3H3,(H2,23,25,27)(H2,24,26,28). The van der Waals surface area contributed by atoms with E-state index in [9.17, 15) is 14.4 Å². The zero-order valence-corrected chi connectivity index (χ0v) is 17.3. The van der Waals surface area contributed by atoms with Gasteiger partial charge < -0.3 is 19.4 Å². The van der Waals surface area contributed by atoms with E-state index in [1.807, 2.05) is 0 Å². The molecule has 31 heavy (non-hydrogen) atoms. The van der Waals surface area contributed by atoms with Gasteiger partial charge in [-0.2, -0.15) is 0 Å². The molecule has 0 fully saturated rings. The highest BCUT2D eigenvalue weighted by Crippen LogP contribution is 2.34. The topological polar surface area (TPSA) is 137 Å². The van der Waals surface area contributed by atoms with Crippen LogP contribution in [0.2, 0.25) is 0 Å². The van der Waals surface area contributed by atoms with E-state index in [2.05, 4.69) is 20.4 Å². The first-order valence-corrected chi connectivity index (χ1v) is 9.82. The second-order valence-electron chi connectivity index (χ2n) is 7.17. The smallest absolute Gasteiger partial charge is 0.338 e. The number of hydrogen-bond acceptors (Lipinski definition) is 5. The molecule has 4 rings (SSSR count). The number of benzene rings is 1. The van der Waals surface area contributed by atoms with Gasteiger partial charge in [-0.25, -0.2) is 4.79 Å². The fraction of sp³-hybridized carbons (Fsp3) is 0.227. The number of rotatable bonds is 6. The van der Waals surface area contributed by atoms with E-state index in [1.54, 1.807) is 57.2 Å². The van der Waals surface area contributed by atoms with Crippen molar-refractivity contribution in [1.29, 1.82) is 0 Å². The molecule has 4 aromatic rings. The summed E-state index contributed by atoms with van der Waals surface area (Å²) in [5.41, 5.74) is 2.60. The fourth-order valence-electron chi connectivity index (χ4n) is 3.68. The maximum absolute atomic E-state index is 12.5. The zero-order valence-electron chi connectivity index (χ0n) is 17.3. The van der Waals surface area contributed by atoms with Crippen molar-refractivity contribution < 1.29 is 13.9 Å². The molecule has 1 aromatic carbocycles. The van der Waals surface area contributed by atoms with Gasteiger partial charge in [0.1, 0.15) is 11.5 Å². The van der Waals surface area contributed by atoms with Crippen LogP contribution in [0.1, 0.15) is 51.5 Å². The van der Waals surface area contributed by atoms with E-state index in [0.29, 0.717) is 46.2 Å². The Morgan fingerprint density at radius 3 is 1.97 bits per heavy atom. The number of aromatic nitrogens is 4. The molecular formula is C22H22N4O5. The number of carbonyl (C=O) groups excluding carboxylic acids is 1. The number of hydrogen-bond donors (Lipinski definition) is 4. The Balaban J connectivity index is 1.77. The number of ether oxygens (including phenoxy) is 1. The number of H-pyrrole nitrogens is 4. The third-order valence-corrected chi connectivity index (χ3v) is 5.19. The van der Waals surface area contributed by atoms with Crippen LogP contribution in [-0.4, -0.2) is 33.0 Å². The lowest BCUT2D eigenvalue weighted by Gasteiger charge is -2.12. The number of furan rings is 1. The second-order valence-corrected chi connectivity index (χ2v) is 7.17. The fourth-order valence-corrected chi connectivity index (χ4v) is 3.68. The summed E-state index contributed by atoms with van der Waals surface area (Å²) < 4.78 is 11.1. The van der Waals surface area contributed by atoms with Gasteiger partial charge in [-0.05, 0) is 45.0 Å². The first-order valence-electron chi connectivity index (χ1n) is 9.82. The molecule has 0 unspecified atom stereocenters. The van der Waals surface area contributed by atoms with Gasteiger partial charge in [0.15, 0.2) is 0 Å². The number of carbonyl (C=O) groups is 1. The SMILES string of the molecule is CCOC(=O)c1ccc(-c2ccc(C(c3c(C)[nH][nH]c3=O)c3c(C)[nH][nH]c3=O)o2)cc1. The van der Waals surface area contributed by atoms with Crippen molar-refractivity contribution in [2.75, 3.05) is 6.61 Å². The third-order valence-electron chi connectivity index (χ3n) is 5.19. The first kappa shape index (κ1) is 20.3. The minimum atomic E-state index is -0.697. The maximum Gasteiger partial charge on any atom is 0.338 e. The van der Waals surface area contributed by atoms with E-state index in [4.69, 9.17) is 9.15 Å². The number of aromatic amines is 4. The van der Waals surface area contributed by atoms with Crippen molar-refractivity contribution >= 4 is 5.97 Å². The molecule has 0 spiro atoms. The molecule has 3 aromatic heterocycles. The lowest BCUT2D eigenvalue weighted by molar-refractivity contribution is 0.0526. The summed E-state index contributed by atoms with van der Waals surface area (Å²) in [7, 11) is 0. The van der Waals surface area contributed by atoms with E-state index >= 15 is 0 Å². The summed E-state index contributed by atoms with van der Waals surface area (Å²) in [6.45, 7) is 5.57.